The molecule has 0 radical (unpaired) electrons. The lowest BCUT2D eigenvalue weighted by Gasteiger charge is -2.15. The number of amides is 1. The van der Waals surface area contributed by atoms with Gasteiger partial charge >= 0.3 is 0 Å². The summed E-state index contributed by atoms with van der Waals surface area (Å²) in [6.45, 7) is 2.47. The lowest BCUT2D eigenvalue weighted by atomic mass is 10.1. The number of benzene rings is 1. The number of primary amides is 1. The van der Waals surface area contributed by atoms with Crippen LogP contribution < -0.4 is 5.73 Å². The summed E-state index contributed by atoms with van der Waals surface area (Å²) < 4.78 is 0. The Morgan fingerprint density at radius 2 is 2.12 bits per heavy atom. The molecule has 2 rings (SSSR count). The van der Waals surface area contributed by atoms with E-state index >= 15 is 0 Å². The minimum atomic E-state index is -0.201. The molecule has 1 aromatic rings. The first-order valence-electron chi connectivity index (χ1n) is 5.45. The van der Waals surface area contributed by atoms with Crippen molar-refractivity contribution in [3.05, 3.63) is 29.8 Å². The van der Waals surface area contributed by atoms with E-state index in [9.17, 15) is 4.79 Å². The van der Waals surface area contributed by atoms with Gasteiger partial charge in [-0.3, -0.25) is 9.69 Å². The molecule has 1 heterocycles. The number of hydrogen-bond acceptors (Lipinski definition) is 3. The molecule has 1 aliphatic heterocycles. The highest BCUT2D eigenvalue weighted by Crippen LogP contribution is 2.19. The summed E-state index contributed by atoms with van der Waals surface area (Å²) in [4.78, 5) is 13.2. The maximum atomic E-state index is 11.0. The maximum Gasteiger partial charge on any atom is 0.221 e. The molecule has 1 aliphatic rings. The highest BCUT2D eigenvalue weighted by molar-refractivity contribution is 5.77. The van der Waals surface area contributed by atoms with Gasteiger partial charge in [0, 0.05) is 13.1 Å². The van der Waals surface area contributed by atoms with Crippen molar-refractivity contribution in [2.45, 2.75) is 13.0 Å². The van der Waals surface area contributed by atoms with Crippen LogP contribution in [0.5, 0.6) is 5.75 Å². The van der Waals surface area contributed by atoms with Gasteiger partial charge in [0.05, 0.1) is 5.92 Å². The van der Waals surface area contributed by atoms with Crippen LogP contribution in [0.15, 0.2) is 24.3 Å². The topological polar surface area (TPSA) is 66.6 Å². The van der Waals surface area contributed by atoms with Crippen LogP contribution in [-0.2, 0) is 11.3 Å². The van der Waals surface area contributed by atoms with Crippen molar-refractivity contribution in [3.8, 4) is 5.75 Å². The highest BCUT2D eigenvalue weighted by Gasteiger charge is 2.26. The summed E-state index contributed by atoms with van der Waals surface area (Å²) in [5.41, 5.74) is 6.42. The van der Waals surface area contributed by atoms with E-state index in [2.05, 4.69) is 4.90 Å². The van der Waals surface area contributed by atoms with Gasteiger partial charge in [0.25, 0.3) is 0 Å². The van der Waals surface area contributed by atoms with Crippen LogP contribution in [0, 0.1) is 5.92 Å². The monoisotopic (exact) mass is 220 g/mol. The summed E-state index contributed by atoms with van der Waals surface area (Å²) in [5, 5.41) is 9.16. The predicted octanol–water partition coefficient (Wildman–Crippen LogP) is 0.699. The van der Waals surface area contributed by atoms with Gasteiger partial charge in [-0.1, -0.05) is 12.1 Å². The van der Waals surface area contributed by atoms with Crippen molar-refractivity contribution in [1.82, 2.24) is 4.90 Å². The number of phenols is 1. The predicted molar refractivity (Wildman–Crippen MR) is 60.7 cm³/mol. The number of nitrogens with zero attached hydrogens (tertiary/aromatic N) is 1. The zero-order chi connectivity index (χ0) is 11.5. The molecule has 1 saturated heterocycles. The third-order valence-electron chi connectivity index (χ3n) is 3.02. The van der Waals surface area contributed by atoms with Crippen LogP contribution in [0.4, 0.5) is 0 Å². The Balaban J connectivity index is 1.92. The molecule has 1 fully saturated rings. The third-order valence-corrected chi connectivity index (χ3v) is 3.02. The van der Waals surface area contributed by atoms with E-state index in [0.717, 1.165) is 31.6 Å². The lowest BCUT2D eigenvalue weighted by Crippen LogP contribution is -2.27. The molecule has 16 heavy (non-hydrogen) atoms. The summed E-state index contributed by atoms with van der Waals surface area (Å²) in [7, 11) is 0. The first kappa shape index (κ1) is 11.0. The zero-order valence-corrected chi connectivity index (χ0v) is 9.10. The number of carbonyl (C=O) groups excluding carboxylic acids is 1. The van der Waals surface area contributed by atoms with Gasteiger partial charge in [-0.25, -0.2) is 0 Å². The number of likely N-dealkylation sites (tertiary alicyclic amines) is 1. The van der Waals surface area contributed by atoms with Crippen LogP contribution in [0.3, 0.4) is 0 Å². The average Bonchev–Trinajstić information content (AvgIpc) is 2.70. The summed E-state index contributed by atoms with van der Waals surface area (Å²) in [6.07, 6.45) is 0.855. The standard InChI is InChI=1S/C12H16N2O2/c13-12(16)10-5-6-14(8-10)7-9-1-3-11(15)4-2-9/h1-4,10,15H,5-8H2,(H2,13,16). The number of phenolic OH excluding ortho intramolecular Hbond substituents is 1. The third kappa shape index (κ3) is 2.52. The number of hydrogen-bond donors (Lipinski definition) is 2. The second-order valence-electron chi connectivity index (χ2n) is 4.29. The van der Waals surface area contributed by atoms with Gasteiger partial charge in [0.1, 0.15) is 5.75 Å². The van der Waals surface area contributed by atoms with Crippen molar-refractivity contribution in [2.75, 3.05) is 13.1 Å². The molecule has 86 valence electrons. The Kier molecular flexibility index (Phi) is 3.10. The number of nitrogens with two attached hydrogens (primary N) is 1. The quantitative estimate of drug-likeness (QED) is 0.788. The SMILES string of the molecule is NC(=O)C1CCN(Cc2ccc(O)cc2)C1. The molecule has 1 atom stereocenters. The molecule has 0 spiro atoms. The number of carbonyl (C=O) groups is 1. The van der Waals surface area contributed by atoms with E-state index < -0.39 is 0 Å². The molecule has 1 unspecified atom stereocenters. The average molecular weight is 220 g/mol. The van der Waals surface area contributed by atoms with E-state index in [1.165, 1.54) is 0 Å². The molecule has 3 N–H and O–H groups in total. The van der Waals surface area contributed by atoms with Gasteiger partial charge in [0.2, 0.25) is 5.91 Å². The molecule has 0 aromatic heterocycles. The normalized spacial score (nSPS) is 21.1. The molecule has 4 heteroatoms. The Morgan fingerprint density at radius 3 is 2.69 bits per heavy atom. The number of rotatable bonds is 3. The maximum absolute atomic E-state index is 11.0. The smallest absolute Gasteiger partial charge is 0.221 e. The van der Waals surface area contributed by atoms with Gasteiger partial charge in [-0.15, -0.1) is 0 Å². The van der Waals surface area contributed by atoms with Crippen LogP contribution in [0.2, 0.25) is 0 Å². The number of aromatic hydroxyl groups is 1. The first-order chi connectivity index (χ1) is 7.65. The largest absolute Gasteiger partial charge is 0.508 e. The molecular formula is C12H16N2O2. The van der Waals surface area contributed by atoms with E-state index in [1.807, 2.05) is 12.1 Å². The van der Waals surface area contributed by atoms with E-state index in [1.54, 1.807) is 12.1 Å². The van der Waals surface area contributed by atoms with Crippen LogP contribution in [-0.4, -0.2) is 29.0 Å². The van der Waals surface area contributed by atoms with Gasteiger partial charge in [-0.2, -0.15) is 0 Å². The fraction of sp³-hybridized carbons (Fsp3) is 0.417. The van der Waals surface area contributed by atoms with E-state index in [0.29, 0.717) is 0 Å². The molecule has 1 amide bonds. The summed E-state index contributed by atoms with van der Waals surface area (Å²) in [6, 6.07) is 7.15. The fourth-order valence-electron chi connectivity index (χ4n) is 2.07. The Morgan fingerprint density at radius 1 is 1.44 bits per heavy atom. The molecular weight excluding hydrogens is 204 g/mol. The Labute approximate surface area is 94.7 Å². The van der Waals surface area contributed by atoms with E-state index in [-0.39, 0.29) is 17.6 Å². The molecule has 4 nitrogen and oxygen atoms in total. The van der Waals surface area contributed by atoms with Crippen molar-refractivity contribution in [3.63, 3.8) is 0 Å². The molecule has 1 aromatic carbocycles. The molecule has 0 bridgehead atoms. The van der Waals surface area contributed by atoms with Crippen molar-refractivity contribution in [2.24, 2.45) is 11.7 Å². The first-order valence-corrected chi connectivity index (χ1v) is 5.45. The van der Waals surface area contributed by atoms with Gasteiger partial charge in [0.15, 0.2) is 0 Å². The second-order valence-corrected chi connectivity index (χ2v) is 4.29. The van der Waals surface area contributed by atoms with Crippen molar-refractivity contribution in [1.29, 1.82) is 0 Å². The van der Waals surface area contributed by atoms with Crippen LogP contribution in [0.1, 0.15) is 12.0 Å². The Bertz CT molecular complexity index is 375. The minimum absolute atomic E-state index is 0.00267. The Hall–Kier alpha value is -1.55. The minimum Gasteiger partial charge on any atom is -0.508 e. The second kappa shape index (κ2) is 4.53. The molecule has 0 saturated carbocycles. The van der Waals surface area contributed by atoms with Crippen molar-refractivity contribution < 1.29 is 9.90 Å². The zero-order valence-electron chi connectivity index (χ0n) is 9.10. The highest BCUT2D eigenvalue weighted by atomic mass is 16.3. The van der Waals surface area contributed by atoms with Gasteiger partial charge < -0.3 is 10.8 Å². The van der Waals surface area contributed by atoms with Crippen LogP contribution in [0.25, 0.3) is 0 Å². The molecule has 0 aliphatic carbocycles. The fourth-order valence-corrected chi connectivity index (χ4v) is 2.07. The lowest BCUT2D eigenvalue weighted by molar-refractivity contribution is -0.121. The van der Waals surface area contributed by atoms with Crippen molar-refractivity contribution >= 4 is 5.91 Å². The summed E-state index contributed by atoms with van der Waals surface area (Å²) in [5.74, 6) is 0.0745. The van der Waals surface area contributed by atoms with Crippen LogP contribution >= 0.6 is 0 Å². The summed E-state index contributed by atoms with van der Waals surface area (Å²) >= 11 is 0. The van der Waals surface area contributed by atoms with Gasteiger partial charge in [-0.05, 0) is 30.7 Å². The van der Waals surface area contributed by atoms with E-state index in [4.69, 9.17) is 10.8 Å².